The van der Waals surface area contributed by atoms with Crippen LogP contribution in [0.4, 0.5) is 0 Å². The molecule has 3 aromatic heterocycles. The molecule has 0 bridgehead atoms. The van der Waals surface area contributed by atoms with Crippen molar-refractivity contribution in [2.24, 2.45) is 0 Å². The van der Waals surface area contributed by atoms with Crippen molar-refractivity contribution < 1.29 is 28.5 Å². The number of benzene rings is 1. The largest absolute Gasteiger partial charge is 0.480 e. The standard InChI is InChI=1S/C29H33N3O8S/c1-17-22-25(33)32(29(2,3)27(34)35)28(36)31(26(22)41-23(17)24-30-11-14-39-24)15-21(40-19-9-12-38-13-10-19)20-8-6-5-7-18(20)16-37-4/h5-8,11,14,19,21H,9-10,12-13,15-16H2,1-4H3,(H,34,35)/t21-/m0/s1. The molecule has 1 fully saturated rings. The summed E-state index contributed by atoms with van der Waals surface area (Å²) in [4.78, 5) is 45.5. The second kappa shape index (κ2) is 11.7. The highest BCUT2D eigenvalue weighted by atomic mass is 32.1. The molecule has 5 rings (SSSR count). The van der Waals surface area contributed by atoms with Crippen molar-refractivity contribution >= 4 is 27.5 Å². The third kappa shape index (κ3) is 5.40. The van der Waals surface area contributed by atoms with Gasteiger partial charge in [-0.3, -0.25) is 9.36 Å². The van der Waals surface area contributed by atoms with Crippen LogP contribution in [-0.2, 0) is 37.7 Å². The highest BCUT2D eigenvalue weighted by molar-refractivity contribution is 7.22. The molecule has 0 spiro atoms. The van der Waals surface area contributed by atoms with Crippen LogP contribution in [0.2, 0.25) is 0 Å². The maximum Gasteiger partial charge on any atom is 0.333 e. The average Bonchev–Trinajstić information content (AvgIpc) is 3.59. The van der Waals surface area contributed by atoms with Crippen molar-refractivity contribution in [3.05, 3.63) is 74.3 Å². The highest BCUT2D eigenvalue weighted by Gasteiger charge is 2.36. The number of fused-ring (bicyclic) bond motifs is 1. The summed E-state index contributed by atoms with van der Waals surface area (Å²) in [5.41, 5.74) is -0.924. The van der Waals surface area contributed by atoms with E-state index in [1.807, 2.05) is 24.3 Å². The van der Waals surface area contributed by atoms with Gasteiger partial charge < -0.3 is 23.7 Å². The zero-order valence-electron chi connectivity index (χ0n) is 23.4. The fraction of sp³-hybridized carbons (Fsp3) is 0.448. The third-order valence-corrected chi connectivity index (χ3v) is 8.80. The van der Waals surface area contributed by atoms with Gasteiger partial charge in [0.1, 0.15) is 22.7 Å². The first-order valence-corrected chi connectivity index (χ1v) is 14.2. The van der Waals surface area contributed by atoms with E-state index in [1.165, 1.54) is 42.2 Å². The second-order valence-electron chi connectivity index (χ2n) is 10.5. The van der Waals surface area contributed by atoms with Gasteiger partial charge in [-0.2, -0.15) is 0 Å². The Labute approximate surface area is 239 Å². The van der Waals surface area contributed by atoms with Crippen molar-refractivity contribution in [1.29, 1.82) is 0 Å². The molecule has 0 unspecified atom stereocenters. The molecule has 0 amide bonds. The highest BCUT2D eigenvalue weighted by Crippen LogP contribution is 2.37. The van der Waals surface area contributed by atoms with E-state index in [2.05, 4.69) is 4.98 Å². The topological polar surface area (TPSA) is 135 Å². The average molecular weight is 584 g/mol. The Morgan fingerprint density at radius 3 is 2.63 bits per heavy atom. The van der Waals surface area contributed by atoms with Gasteiger partial charge in [-0.25, -0.2) is 19.1 Å². The number of carboxylic acid groups (broad SMARTS) is 1. The number of rotatable bonds is 10. The van der Waals surface area contributed by atoms with Gasteiger partial charge in [0, 0.05) is 20.3 Å². The van der Waals surface area contributed by atoms with E-state index in [4.69, 9.17) is 18.6 Å². The van der Waals surface area contributed by atoms with Gasteiger partial charge in [-0.15, -0.1) is 11.3 Å². The van der Waals surface area contributed by atoms with Gasteiger partial charge in [0.2, 0.25) is 5.89 Å². The SMILES string of the molecule is COCc1ccccc1[C@H](Cn1c(=O)n(C(C)(C)C(=O)O)c(=O)c2c(C)c(-c3ncco3)sc21)OC1CCOCC1. The van der Waals surface area contributed by atoms with Gasteiger partial charge in [0.25, 0.3) is 5.56 Å². The molecule has 0 aliphatic carbocycles. The molecule has 11 nitrogen and oxygen atoms in total. The lowest BCUT2D eigenvalue weighted by atomic mass is 10.0. The van der Waals surface area contributed by atoms with E-state index in [9.17, 15) is 19.5 Å². The second-order valence-corrected chi connectivity index (χ2v) is 11.5. The fourth-order valence-corrected chi connectivity index (χ4v) is 6.44. The van der Waals surface area contributed by atoms with Crippen LogP contribution < -0.4 is 11.2 Å². The number of aromatic nitrogens is 3. The monoisotopic (exact) mass is 583 g/mol. The molecule has 1 N–H and O–H groups in total. The maximum absolute atomic E-state index is 14.2. The van der Waals surface area contributed by atoms with Gasteiger partial charge in [0.05, 0.1) is 35.7 Å². The Hall–Kier alpha value is -3.58. The molecule has 0 radical (unpaired) electrons. The Morgan fingerprint density at radius 1 is 1.24 bits per heavy atom. The van der Waals surface area contributed by atoms with Crippen LogP contribution in [0.3, 0.4) is 0 Å². The van der Waals surface area contributed by atoms with Crippen molar-refractivity contribution in [3.63, 3.8) is 0 Å². The van der Waals surface area contributed by atoms with E-state index in [0.29, 0.717) is 53.8 Å². The molecule has 1 atom stereocenters. The first-order chi connectivity index (χ1) is 19.6. The molecule has 41 heavy (non-hydrogen) atoms. The summed E-state index contributed by atoms with van der Waals surface area (Å²) in [7, 11) is 1.61. The van der Waals surface area contributed by atoms with Crippen LogP contribution in [0.15, 0.2) is 50.7 Å². The number of carboxylic acids is 1. The minimum atomic E-state index is -1.81. The molecular weight excluding hydrogens is 550 g/mol. The Kier molecular flexibility index (Phi) is 8.28. The summed E-state index contributed by atoms with van der Waals surface area (Å²) >= 11 is 1.21. The number of thiophene rings is 1. The summed E-state index contributed by atoms with van der Waals surface area (Å²) in [5, 5.41) is 10.3. The van der Waals surface area contributed by atoms with Gasteiger partial charge >= 0.3 is 11.7 Å². The number of aryl methyl sites for hydroxylation is 1. The van der Waals surface area contributed by atoms with Crippen LogP contribution in [-0.4, -0.2) is 51.6 Å². The smallest absolute Gasteiger partial charge is 0.333 e. The van der Waals surface area contributed by atoms with E-state index < -0.39 is 28.9 Å². The number of hydrogen-bond donors (Lipinski definition) is 1. The quantitative estimate of drug-likeness (QED) is 0.293. The minimum absolute atomic E-state index is 0.0361. The van der Waals surface area contributed by atoms with Crippen molar-refractivity contribution in [2.45, 2.75) is 64.5 Å². The first-order valence-electron chi connectivity index (χ1n) is 13.4. The summed E-state index contributed by atoms with van der Waals surface area (Å²) in [6.07, 6.45) is 3.63. The predicted molar refractivity (Wildman–Crippen MR) is 152 cm³/mol. The fourth-order valence-electron chi connectivity index (χ4n) is 5.20. The molecule has 218 valence electrons. The molecule has 0 saturated carbocycles. The van der Waals surface area contributed by atoms with E-state index in [-0.39, 0.29) is 18.0 Å². The number of nitrogens with zero attached hydrogens (tertiary/aromatic N) is 3. The maximum atomic E-state index is 14.2. The number of hydrogen-bond acceptors (Lipinski definition) is 9. The van der Waals surface area contributed by atoms with Crippen molar-refractivity contribution in [1.82, 2.24) is 14.1 Å². The van der Waals surface area contributed by atoms with Gasteiger partial charge in [-0.05, 0) is 50.3 Å². The summed E-state index contributed by atoms with van der Waals surface area (Å²) in [6.45, 7) is 5.95. The lowest BCUT2D eigenvalue weighted by Gasteiger charge is -2.30. The summed E-state index contributed by atoms with van der Waals surface area (Å²) in [6, 6.07) is 7.70. The molecule has 1 saturated heterocycles. The molecule has 12 heteroatoms. The number of ether oxygens (including phenoxy) is 3. The zero-order chi connectivity index (χ0) is 29.3. The number of carbonyl (C=O) groups is 1. The molecular formula is C29H33N3O8S. The molecule has 1 aliphatic heterocycles. The van der Waals surface area contributed by atoms with Crippen LogP contribution in [0, 0.1) is 6.92 Å². The Morgan fingerprint density at radius 2 is 1.98 bits per heavy atom. The van der Waals surface area contributed by atoms with Gasteiger partial charge in [-0.1, -0.05) is 24.3 Å². The van der Waals surface area contributed by atoms with Crippen LogP contribution >= 0.6 is 11.3 Å². The van der Waals surface area contributed by atoms with E-state index in [0.717, 1.165) is 15.7 Å². The lowest BCUT2D eigenvalue weighted by Crippen LogP contribution is -2.52. The van der Waals surface area contributed by atoms with Crippen molar-refractivity contribution in [2.75, 3.05) is 20.3 Å². The van der Waals surface area contributed by atoms with Gasteiger partial charge in [0.15, 0.2) is 0 Å². The Balaban J connectivity index is 1.75. The van der Waals surface area contributed by atoms with E-state index in [1.54, 1.807) is 14.0 Å². The molecule has 4 heterocycles. The van der Waals surface area contributed by atoms with E-state index >= 15 is 0 Å². The van der Waals surface area contributed by atoms with Crippen LogP contribution in [0.5, 0.6) is 0 Å². The third-order valence-electron chi connectivity index (χ3n) is 7.50. The predicted octanol–water partition coefficient (Wildman–Crippen LogP) is 4.09. The summed E-state index contributed by atoms with van der Waals surface area (Å²) in [5.74, 6) is -0.990. The zero-order valence-corrected chi connectivity index (χ0v) is 24.2. The van der Waals surface area contributed by atoms with Crippen LogP contribution in [0.1, 0.15) is 49.5 Å². The number of methoxy groups -OCH3 is 1. The molecule has 1 aromatic carbocycles. The Bertz CT molecular complexity index is 1660. The minimum Gasteiger partial charge on any atom is -0.480 e. The summed E-state index contributed by atoms with van der Waals surface area (Å²) < 4.78 is 25.4. The molecule has 4 aromatic rings. The lowest BCUT2D eigenvalue weighted by molar-refractivity contribution is -0.146. The van der Waals surface area contributed by atoms with Crippen molar-refractivity contribution in [3.8, 4) is 10.8 Å². The number of oxazole rings is 1. The van der Waals surface area contributed by atoms with Crippen LogP contribution in [0.25, 0.3) is 21.0 Å². The molecule has 1 aliphatic rings. The number of aliphatic carboxylic acids is 1. The first kappa shape index (κ1) is 28.9. The normalized spacial score (nSPS) is 15.4.